The van der Waals surface area contributed by atoms with Crippen molar-refractivity contribution in [3.05, 3.63) is 52.5 Å². The number of nitrogens with zero attached hydrogens (tertiary/aromatic N) is 5. The van der Waals surface area contributed by atoms with Crippen molar-refractivity contribution in [2.45, 2.75) is 18.2 Å². The van der Waals surface area contributed by atoms with E-state index in [1.807, 2.05) is 32.3 Å². The molecule has 39 heavy (non-hydrogen) atoms. The minimum absolute atomic E-state index is 0.104. The van der Waals surface area contributed by atoms with E-state index in [9.17, 15) is 18.0 Å². The Bertz CT molecular complexity index is 1420. The van der Waals surface area contributed by atoms with Crippen LogP contribution in [-0.4, -0.2) is 99.5 Å². The molecule has 0 saturated carbocycles. The third-order valence-electron chi connectivity index (χ3n) is 6.31. The van der Waals surface area contributed by atoms with Crippen LogP contribution in [0.25, 0.3) is 10.2 Å². The van der Waals surface area contributed by atoms with Gasteiger partial charge in [-0.15, -0.1) is 0 Å². The summed E-state index contributed by atoms with van der Waals surface area (Å²) < 4.78 is 34.7. The van der Waals surface area contributed by atoms with Crippen LogP contribution in [0.5, 0.6) is 0 Å². The molecule has 4 rings (SSSR count). The highest BCUT2D eigenvalue weighted by Gasteiger charge is 2.31. The van der Waals surface area contributed by atoms with Gasteiger partial charge in [-0.2, -0.15) is 4.31 Å². The Kier molecular flexibility index (Phi) is 9.60. The molecule has 0 N–H and O–H groups in total. The Balaban J connectivity index is 1.51. The summed E-state index contributed by atoms with van der Waals surface area (Å²) in [6.45, 7) is 4.15. The topological polar surface area (TPSA) is 103 Å². The van der Waals surface area contributed by atoms with Crippen LogP contribution in [0.1, 0.15) is 23.7 Å². The number of aromatic nitrogens is 1. The molecule has 2 heterocycles. The van der Waals surface area contributed by atoms with Crippen LogP contribution in [-0.2, 0) is 14.8 Å². The first-order chi connectivity index (χ1) is 18.6. The number of benzene rings is 2. The number of hydrogen-bond acceptors (Lipinski definition) is 8. The zero-order valence-corrected chi connectivity index (χ0v) is 25.4. The third kappa shape index (κ3) is 6.95. The summed E-state index contributed by atoms with van der Waals surface area (Å²) in [5.41, 5.74) is 1.19. The normalized spacial score (nSPS) is 14.6. The largest absolute Gasteiger partial charge is 0.450 e. The molecule has 0 radical (unpaired) electrons. The van der Waals surface area contributed by atoms with Crippen LogP contribution in [0, 0.1) is 0 Å². The maximum absolute atomic E-state index is 13.6. The van der Waals surface area contributed by atoms with Crippen LogP contribution in [0.4, 0.5) is 9.93 Å². The molecule has 0 atom stereocenters. The van der Waals surface area contributed by atoms with Gasteiger partial charge in [0.1, 0.15) is 0 Å². The number of hydrogen-bond donors (Lipinski definition) is 0. The van der Waals surface area contributed by atoms with Crippen molar-refractivity contribution in [2.24, 2.45) is 0 Å². The highest BCUT2D eigenvalue weighted by molar-refractivity contribution is 9.10. The van der Waals surface area contributed by atoms with Gasteiger partial charge in [-0.25, -0.2) is 18.2 Å². The average molecular weight is 639 g/mol. The number of fused-ring (bicyclic) bond motifs is 1. The second-order valence-corrected chi connectivity index (χ2v) is 13.2. The van der Waals surface area contributed by atoms with Crippen LogP contribution < -0.4 is 4.90 Å². The molecule has 1 saturated heterocycles. The Hall–Kier alpha value is -2.58. The summed E-state index contributed by atoms with van der Waals surface area (Å²) in [6.07, 6.45) is 0.316. The molecular weight excluding hydrogens is 606 g/mol. The minimum Gasteiger partial charge on any atom is -0.450 e. The lowest BCUT2D eigenvalue weighted by Crippen LogP contribution is -2.50. The molecule has 2 amide bonds. The summed E-state index contributed by atoms with van der Waals surface area (Å²) in [7, 11) is 0.193. The molecule has 3 aromatic rings. The molecule has 1 fully saturated rings. The van der Waals surface area contributed by atoms with Crippen LogP contribution in [0.15, 0.2) is 51.8 Å². The molecule has 0 aliphatic carbocycles. The second kappa shape index (κ2) is 12.7. The maximum atomic E-state index is 13.6. The minimum atomic E-state index is -3.77. The van der Waals surface area contributed by atoms with Crippen molar-refractivity contribution < 1.29 is 22.7 Å². The van der Waals surface area contributed by atoms with E-state index in [1.165, 1.54) is 32.7 Å². The molecule has 0 bridgehead atoms. The lowest BCUT2D eigenvalue weighted by atomic mass is 10.2. The predicted molar refractivity (Wildman–Crippen MR) is 156 cm³/mol. The molecule has 13 heteroatoms. The molecule has 1 aromatic heterocycles. The fourth-order valence-electron chi connectivity index (χ4n) is 4.23. The van der Waals surface area contributed by atoms with Gasteiger partial charge < -0.3 is 14.5 Å². The van der Waals surface area contributed by atoms with E-state index in [1.54, 1.807) is 24.0 Å². The van der Waals surface area contributed by atoms with Crippen LogP contribution in [0.3, 0.4) is 0 Å². The third-order valence-corrected chi connectivity index (χ3v) is 9.75. The van der Waals surface area contributed by atoms with Gasteiger partial charge in [-0.3, -0.25) is 9.69 Å². The van der Waals surface area contributed by atoms with Gasteiger partial charge in [-0.05, 0) is 76.4 Å². The first-order valence-corrected chi connectivity index (χ1v) is 15.7. The summed E-state index contributed by atoms with van der Waals surface area (Å²) in [5, 5.41) is 0.600. The number of carbonyl (C=O) groups excluding carboxylic acids is 2. The summed E-state index contributed by atoms with van der Waals surface area (Å²) >= 11 is 4.93. The zero-order valence-electron chi connectivity index (χ0n) is 22.2. The number of ether oxygens (including phenoxy) is 1. The molecule has 0 unspecified atom stereocenters. The average Bonchev–Trinajstić information content (AvgIpc) is 3.33. The quantitative estimate of drug-likeness (QED) is 0.348. The SMILES string of the molecule is CCOC(=O)N1CCN(S(=O)(=O)c2ccc(C(=O)N(CCCN(C)C)c3nc4ccc(Br)cc4s3)cc2)CC1. The number of halogens is 1. The van der Waals surface area contributed by atoms with Gasteiger partial charge in [0.05, 0.1) is 21.7 Å². The standard InChI is InChI=1S/C26H32BrN5O5S2/c1-4-37-26(34)30-14-16-31(17-15-30)39(35,36)21-9-6-19(7-10-21)24(33)32(13-5-12-29(2)3)25-28-22-11-8-20(27)18-23(22)38-25/h6-11,18H,4-5,12-17H2,1-3H3. The highest BCUT2D eigenvalue weighted by atomic mass is 79.9. The molecule has 1 aliphatic rings. The van der Waals surface area contributed by atoms with Gasteiger partial charge in [0.2, 0.25) is 10.0 Å². The van der Waals surface area contributed by atoms with Crippen molar-refractivity contribution in [3.63, 3.8) is 0 Å². The van der Waals surface area contributed by atoms with E-state index < -0.39 is 16.1 Å². The Labute approximate surface area is 241 Å². The lowest BCUT2D eigenvalue weighted by molar-refractivity contribution is 0.0933. The lowest BCUT2D eigenvalue weighted by Gasteiger charge is -2.33. The molecular formula is C26H32BrN5O5S2. The molecule has 210 valence electrons. The molecule has 10 nitrogen and oxygen atoms in total. The number of amides is 2. The Morgan fingerprint density at radius 2 is 1.74 bits per heavy atom. The van der Waals surface area contributed by atoms with E-state index in [0.29, 0.717) is 17.2 Å². The van der Waals surface area contributed by atoms with E-state index in [2.05, 4.69) is 20.8 Å². The van der Waals surface area contributed by atoms with Gasteiger partial charge in [0, 0.05) is 42.8 Å². The summed E-state index contributed by atoms with van der Waals surface area (Å²) in [4.78, 5) is 35.6. The first-order valence-electron chi connectivity index (χ1n) is 12.6. The van der Waals surface area contributed by atoms with Crippen molar-refractivity contribution in [1.82, 2.24) is 19.1 Å². The summed E-state index contributed by atoms with van der Waals surface area (Å²) in [6, 6.07) is 11.8. The van der Waals surface area contributed by atoms with E-state index in [4.69, 9.17) is 9.72 Å². The molecule has 1 aliphatic heterocycles. The number of anilines is 1. The maximum Gasteiger partial charge on any atom is 0.409 e. The fraction of sp³-hybridized carbons (Fsp3) is 0.423. The summed E-state index contributed by atoms with van der Waals surface area (Å²) in [5.74, 6) is -0.237. The first kappa shape index (κ1) is 29.4. The van der Waals surface area contributed by atoms with E-state index >= 15 is 0 Å². The second-order valence-electron chi connectivity index (χ2n) is 9.34. The Morgan fingerprint density at radius 3 is 2.38 bits per heavy atom. The number of thiazole rings is 1. The molecule has 0 spiro atoms. The number of piperazine rings is 1. The Morgan fingerprint density at radius 1 is 1.05 bits per heavy atom. The van der Waals surface area contributed by atoms with Crippen molar-refractivity contribution in [3.8, 4) is 0 Å². The number of carbonyl (C=O) groups is 2. The van der Waals surface area contributed by atoms with Gasteiger partial charge in [-0.1, -0.05) is 27.3 Å². The number of sulfonamides is 1. The fourth-order valence-corrected chi connectivity index (χ4v) is 7.20. The predicted octanol–water partition coefficient (Wildman–Crippen LogP) is 4.12. The van der Waals surface area contributed by atoms with Crippen molar-refractivity contribution >= 4 is 64.6 Å². The zero-order chi connectivity index (χ0) is 28.2. The molecule has 2 aromatic carbocycles. The van der Waals surface area contributed by atoms with Crippen molar-refractivity contribution in [1.29, 1.82) is 0 Å². The smallest absolute Gasteiger partial charge is 0.409 e. The van der Waals surface area contributed by atoms with Gasteiger partial charge >= 0.3 is 6.09 Å². The van der Waals surface area contributed by atoms with Crippen LogP contribution >= 0.6 is 27.3 Å². The van der Waals surface area contributed by atoms with Gasteiger partial charge in [0.15, 0.2) is 5.13 Å². The monoisotopic (exact) mass is 637 g/mol. The highest BCUT2D eigenvalue weighted by Crippen LogP contribution is 2.32. The van der Waals surface area contributed by atoms with Gasteiger partial charge in [0.25, 0.3) is 5.91 Å². The van der Waals surface area contributed by atoms with Crippen LogP contribution in [0.2, 0.25) is 0 Å². The number of rotatable bonds is 9. The van der Waals surface area contributed by atoms with Crippen molar-refractivity contribution in [2.75, 3.05) is 64.9 Å². The van der Waals surface area contributed by atoms with E-state index in [-0.39, 0.29) is 43.6 Å². The van der Waals surface area contributed by atoms with E-state index in [0.717, 1.165) is 27.7 Å².